The van der Waals surface area contributed by atoms with Crippen LogP contribution in [0.15, 0.2) is 24.4 Å². The fourth-order valence-corrected chi connectivity index (χ4v) is 2.56. The van der Waals surface area contributed by atoms with Crippen molar-refractivity contribution >= 4 is 11.7 Å². The standard InChI is InChI=1S/C23H39NO8/c1-20(2)22(25)6-8-27-10-12-29-14-16-31-18-19-32-17-15-30-13-11-28-9-7-24-21(3)4-5-23(24)26/h4-5,20H,3,6-19H2,1-2H3. The molecule has 0 atom stereocenters. The molecule has 1 aliphatic rings. The first kappa shape index (κ1) is 28.4. The first-order valence-electron chi connectivity index (χ1n) is 11.2. The van der Waals surface area contributed by atoms with E-state index in [9.17, 15) is 9.59 Å². The van der Waals surface area contributed by atoms with Gasteiger partial charge in [-0.2, -0.15) is 0 Å². The van der Waals surface area contributed by atoms with Crippen LogP contribution in [-0.4, -0.2) is 102 Å². The van der Waals surface area contributed by atoms with E-state index in [0.29, 0.717) is 97.9 Å². The fraction of sp³-hybridized carbons (Fsp3) is 0.739. The summed E-state index contributed by atoms with van der Waals surface area (Å²) in [5.74, 6) is 0.225. The summed E-state index contributed by atoms with van der Waals surface area (Å²) in [6.45, 7) is 13.8. The van der Waals surface area contributed by atoms with E-state index in [0.717, 1.165) is 0 Å². The monoisotopic (exact) mass is 457 g/mol. The zero-order valence-electron chi connectivity index (χ0n) is 19.6. The zero-order valence-corrected chi connectivity index (χ0v) is 19.6. The van der Waals surface area contributed by atoms with Crippen LogP contribution in [-0.2, 0) is 38.0 Å². The fourth-order valence-electron chi connectivity index (χ4n) is 2.56. The summed E-state index contributed by atoms with van der Waals surface area (Å²) in [6, 6.07) is 0. The number of hydrogen-bond acceptors (Lipinski definition) is 8. The van der Waals surface area contributed by atoms with Gasteiger partial charge in [-0.15, -0.1) is 0 Å². The summed E-state index contributed by atoms with van der Waals surface area (Å²) in [6.07, 6.45) is 3.66. The van der Waals surface area contributed by atoms with Crippen LogP contribution in [0.25, 0.3) is 0 Å². The number of rotatable bonds is 22. The Morgan fingerprint density at radius 3 is 1.53 bits per heavy atom. The number of ketones is 1. The second-order valence-corrected chi connectivity index (χ2v) is 7.36. The lowest BCUT2D eigenvalue weighted by Gasteiger charge is -2.16. The summed E-state index contributed by atoms with van der Waals surface area (Å²) in [5, 5.41) is 0. The predicted octanol–water partition coefficient (Wildman–Crippen LogP) is 1.61. The van der Waals surface area contributed by atoms with Crippen LogP contribution < -0.4 is 0 Å². The molecule has 0 fully saturated rings. The van der Waals surface area contributed by atoms with Crippen LogP contribution in [0.2, 0.25) is 0 Å². The normalized spacial score (nSPS) is 13.7. The van der Waals surface area contributed by atoms with Gasteiger partial charge in [0.1, 0.15) is 5.78 Å². The van der Waals surface area contributed by atoms with Crippen molar-refractivity contribution in [1.29, 1.82) is 0 Å². The highest BCUT2D eigenvalue weighted by atomic mass is 16.6. The summed E-state index contributed by atoms with van der Waals surface area (Å²) < 4.78 is 32.5. The molecule has 0 aliphatic carbocycles. The minimum atomic E-state index is -0.0549. The van der Waals surface area contributed by atoms with Gasteiger partial charge in [0, 0.05) is 30.7 Å². The molecule has 0 radical (unpaired) electrons. The van der Waals surface area contributed by atoms with Gasteiger partial charge in [-0.25, -0.2) is 0 Å². The van der Waals surface area contributed by atoms with Crippen LogP contribution >= 0.6 is 0 Å². The van der Waals surface area contributed by atoms with Crippen molar-refractivity contribution in [1.82, 2.24) is 4.90 Å². The Kier molecular flexibility index (Phi) is 16.8. The SMILES string of the molecule is C=C1C=CC(=O)N1CCOCCOCCOCCOCCOCCOCCC(=O)C(C)C. The van der Waals surface area contributed by atoms with Crippen LogP contribution in [0.5, 0.6) is 0 Å². The highest BCUT2D eigenvalue weighted by Gasteiger charge is 2.17. The molecular weight excluding hydrogens is 418 g/mol. The Bertz CT molecular complexity index is 546. The Labute approximate surface area is 191 Å². The molecule has 9 heteroatoms. The van der Waals surface area contributed by atoms with Crippen molar-refractivity contribution in [3.05, 3.63) is 24.4 Å². The number of hydrogen-bond donors (Lipinski definition) is 0. The van der Waals surface area contributed by atoms with E-state index in [1.807, 2.05) is 13.8 Å². The second-order valence-electron chi connectivity index (χ2n) is 7.36. The van der Waals surface area contributed by atoms with Crippen molar-refractivity contribution in [3.8, 4) is 0 Å². The summed E-state index contributed by atoms with van der Waals surface area (Å²) in [5.41, 5.74) is 0.695. The number of nitrogens with zero attached hydrogens (tertiary/aromatic N) is 1. The smallest absolute Gasteiger partial charge is 0.251 e. The molecular formula is C23H39NO8. The molecule has 0 saturated carbocycles. The van der Waals surface area contributed by atoms with Crippen molar-refractivity contribution in [3.63, 3.8) is 0 Å². The molecule has 0 bridgehead atoms. The Hall–Kier alpha value is -1.62. The molecule has 32 heavy (non-hydrogen) atoms. The lowest BCUT2D eigenvalue weighted by molar-refractivity contribution is -0.124. The van der Waals surface area contributed by atoms with Gasteiger partial charge in [-0.3, -0.25) is 9.59 Å². The lowest BCUT2D eigenvalue weighted by atomic mass is 10.1. The number of allylic oxidation sites excluding steroid dienone is 1. The maximum Gasteiger partial charge on any atom is 0.251 e. The first-order valence-corrected chi connectivity index (χ1v) is 11.2. The summed E-state index contributed by atoms with van der Waals surface area (Å²) in [4.78, 5) is 24.5. The van der Waals surface area contributed by atoms with Gasteiger partial charge in [-0.05, 0) is 6.08 Å². The molecule has 0 aromatic heterocycles. The minimum Gasteiger partial charge on any atom is -0.379 e. The van der Waals surface area contributed by atoms with Gasteiger partial charge in [0.15, 0.2) is 0 Å². The van der Waals surface area contributed by atoms with Gasteiger partial charge in [-0.1, -0.05) is 20.4 Å². The van der Waals surface area contributed by atoms with Crippen molar-refractivity contribution in [2.45, 2.75) is 20.3 Å². The molecule has 1 rings (SSSR count). The number of carbonyl (C=O) groups excluding carboxylic acids is 2. The van der Waals surface area contributed by atoms with Crippen molar-refractivity contribution in [2.24, 2.45) is 5.92 Å². The second kappa shape index (κ2) is 18.9. The average molecular weight is 458 g/mol. The molecule has 1 heterocycles. The Morgan fingerprint density at radius 2 is 1.16 bits per heavy atom. The molecule has 1 aliphatic heterocycles. The molecule has 0 saturated heterocycles. The highest BCUT2D eigenvalue weighted by molar-refractivity contribution is 5.92. The topological polar surface area (TPSA) is 92.8 Å². The van der Waals surface area contributed by atoms with Gasteiger partial charge in [0.05, 0.1) is 79.3 Å². The van der Waals surface area contributed by atoms with Crippen LogP contribution in [0, 0.1) is 5.92 Å². The predicted molar refractivity (Wildman–Crippen MR) is 119 cm³/mol. The first-order chi connectivity index (χ1) is 15.5. The minimum absolute atomic E-state index is 0.0549. The maximum absolute atomic E-state index is 11.5. The van der Waals surface area contributed by atoms with E-state index in [4.69, 9.17) is 28.4 Å². The third-order valence-corrected chi connectivity index (χ3v) is 4.49. The third-order valence-electron chi connectivity index (χ3n) is 4.49. The van der Waals surface area contributed by atoms with E-state index in [1.54, 1.807) is 11.0 Å². The number of Topliss-reactive ketones (excluding diaryl/α,β-unsaturated/α-hetero) is 1. The van der Waals surface area contributed by atoms with E-state index in [-0.39, 0.29) is 17.6 Å². The van der Waals surface area contributed by atoms with Crippen LogP contribution in [0.3, 0.4) is 0 Å². The van der Waals surface area contributed by atoms with Crippen LogP contribution in [0.1, 0.15) is 20.3 Å². The van der Waals surface area contributed by atoms with E-state index >= 15 is 0 Å². The Balaban J connectivity index is 1.70. The Morgan fingerprint density at radius 1 is 0.750 bits per heavy atom. The molecule has 0 spiro atoms. The third kappa shape index (κ3) is 14.4. The van der Waals surface area contributed by atoms with Crippen molar-refractivity contribution in [2.75, 3.05) is 85.8 Å². The molecule has 0 aromatic carbocycles. The van der Waals surface area contributed by atoms with Gasteiger partial charge >= 0.3 is 0 Å². The largest absolute Gasteiger partial charge is 0.379 e. The van der Waals surface area contributed by atoms with E-state index < -0.39 is 0 Å². The molecule has 0 N–H and O–H groups in total. The number of carbonyl (C=O) groups is 2. The highest BCUT2D eigenvalue weighted by Crippen LogP contribution is 2.11. The molecule has 184 valence electrons. The van der Waals surface area contributed by atoms with E-state index in [1.165, 1.54) is 6.08 Å². The van der Waals surface area contributed by atoms with Gasteiger partial charge in [0.2, 0.25) is 0 Å². The molecule has 0 unspecified atom stereocenters. The summed E-state index contributed by atoms with van der Waals surface area (Å²) in [7, 11) is 0. The molecule has 1 amide bonds. The number of ether oxygens (including phenoxy) is 6. The lowest BCUT2D eigenvalue weighted by Crippen LogP contribution is -2.28. The molecule has 9 nitrogen and oxygen atoms in total. The van der Waals surface area contributed by atoms with Crippen LogP contribution in [0.4, 0.5) is 0 Å². The zero-order chi connectivity index (χ0) is 23.4. The maximum atomic E-state index is 11.5. The summed E-state index contributed by atoms with van der Waals surface area (Å²) >= 11 is 0. The van der Waals surface area contributed by atoms with Gasteiger partial charge < -0.3 is 33.3 Å². The quantitative estimate of drug-likeness (QED) is 0.227. The van der Waals surface area contributed by atoms with Gasteiger partial charge in [0.25, 0.3) is 5.91 Å². The van der Waals surface area contributed by atoms with Crippen molar-refractivity contribution < 1.29 is 38.0 Å². The van der Waals surface area contributed by atoms with E-state index in [2.05, 4.69) is 6.58 Å². The number of amides is 1. The average Bonchev–Trinajstić information content (AvgIpc) is 3.09. The molecule has 0 aromatic rings.